The molecule has 0 bridgehead atoms. The normalized spacial score (nSPS) is 39.1. The van der Waals surface area contributed by atoms with Gasteiger partial charge < -0.3 is 68.0 Å². The molecule has 18 heteroatoms. The maximum atomic E-state index is 13.5. The number of esters is 3. The summed E-state index contributed by atoms with van der Waals surface area (Å²) in [4.78, 5) is 67.2. The monoisotopic (exact) mass is 860 g/mol. The van der Waals surface area contributed by atoms with Gasteiger partial charge in [0.25, 0.3) is 0 Å². The van der Waals surface area contributed by atoms with Gasteiger partial charge in [-0.15, -0.1) is 0 Å². The lowest BCUT2D eigenvalue weighted by molar-refractivity contribution is -0.344. The maximum absolute atomic E-state index is 13.5. The van der Waals surface area contributed by atoms with Gasteiger partial charge in [0.2, 0.25) is 5.91 Å². The van der Waals surface area contributed by atoms with E-state index in [2.05, 4.69) is 5.32 Å². The first-order valence-corrected chi connectivity index (χ1v) is 21.3. The summed E-state index contributed by atoms with van der Waals surface area (Å²) in [5, 5.41) is 26.5. The first-order valence-electron chi connectivity index (χ1n) is 21.3. The van der Waals surface area contributed by atoms with Crippen LogP contribution in [0.15, 0.2) is 0 Å². The molecule has 6 unspecified atom stereocenters. The number of nitrogens with one attached hydrogen (secondary N) is 1. The second kappa shape index (κ2) is 23.6. The predicted molar refractivity (Wildman–Crippen MR) is 216 cm³/mol. The Balaban J connectivity index is 2.04. The number of likely N-dealkylation sites (N-methyl/N-ethyl adjacent to an activating group) is 2. The van der Waals surface area contributed by atoms with Gasteiger partial charge in [-0.3, -0.25) is 19.2 Å². The first-order chi connectivity index (χ1) is 28.2. The number of nitrogens with zero attached hydrogens (tertiary/aromatic N) is 2. The van der Waals surface area contributed by atoms with Crippen LogP contribution in [0.2, 0.25) is 0 Å². The van der Waals surface area contributed by atoms with Crippen LogP contribution in [0.3, 0.4) is 0 Å². The zero-order valence-corrected chi connectivity index (χ0v) is 37.7. The molecule has 3 saturated heterocycles. The van der Waals surface area contributed by atoms with Crippen LogP contribution in [0.4, 0.5) is 0 Å². The van der Waals surface area contributed by atoms with Crippen molar-refractivity contribution in [3.63, 3.8) is 0 Å². The highest BCUT2D eigenvalue weighted by Crippen LogP contribution is 2.39. The third-order valence-electron chi connectivity index (χ3n) is 11.8. The largest absolute Gasteiger partial charge is 0.459 e. The topological polar surface area (TPSA) is 218 Å². The zero-order chi connectivity index (χ0) is 45.1. The highest BCUT2D eigenvalue weighted by Gasteiger charge is 2.54. The number of carbonyl (C=O) groups excluding carboxylic acids is 5. The van der Waals surface area contributed by atoms with E-state index in [0.717, 1.165) is 6.29 Å². The van der Waals surface area contributed by atoms with E-state index < -0.39 is 103 Å². The number of carbonyl (C=O) groups is 5. The smallest absolute Gasteiger partial charge is 0.306 e. The summed E-state index contributed by atoms with van der Waals surface area (Å²) < 4.78 is 49.3. The van der Waals surface area contributed by atoms with Crippen LogP contribution < -0.4 is 5.32 Å². The van der Waals surface area contributed by atoms with Crippen molar-refractivity contribution in [2.45, 2.75) is 186 Å². The molecule has 0 radical (unpaired) electrons. The Labute approximate surface area is 355 Å². The van der Waals surface area contributed by atoms with Crippen molar-refractivity contribution in [2.24, 2.45) is 11.8 Å². The molecule has 3 aliphatic heterocycles. The molecular weight excluding hydrogens is 786 g/mol. The van der Waals surface area contributed by atoms with Crippen LogP contribution in [-0.2, 0) is 61.9 Å². The van der Waals surface area contributed by atoms with E-state index in [1.807, 2.05) is 25.8 Å². The third-order valence-corrected chi connectivity index (χ3v) is 11.8. The fourth-order valence-corrected chi connectivity index (χ4v) is 8.64. The third kappa shape index (κ3) is 14.1. The number of aldehydes is 1. The van der Waals surface area contributed by atoms with Crippen molar-refractivity contribution in [3.05, 3.63) is 0 Å². The van der Waals surface area contributed by atoms with Crippen molar-refractivity contribution in [1.82, 2.24) is 15.1 Å². The molecule has 0 aromatic rings. The van der Waals surface area contributed by atoms with E-state index in [1.165, 1.54) is 14.0 Å². The van der Waals surface area contributed by atoms with E-state index in [4.69, 9.17) is 37.9 Å². The van der Waals surface area contributed by atoms with Gasteiger partial charge in [-0.1, -0.05) is 20.8 Å². The molecule has 18 nitrogen and oxygen atoms in total. The number of aliphatic hydroxyl groups is 2. The quantitative estimate of drug-likeness (QED) is 0.137. The molecule has 0 spiro atoms. The molecule has 0 saturated carbocycles. The Hall–Kier alpha value is -2.81. The molecule has 0 aliphatic carbocycles. The molecule has 1 amide bonds. The van der Waals surface area contributed by atoms with Gasteiger partial charge in [-0.25, -0.2) is 0 Å². The van der Waals surface area contributed by atoms with Crippen molar-refractivity contribution < 1.29 is 72.1 Å². The molecule has 3 rings (SSSR count). The molecule has 3 N–H and O–H groups in total. The van der Waals surface area contributed by atoms with Crippen molar-refractivity contribution >= 4 is 30.1 Å². The van der Waals surface area contributed by atoms with Gasteiger partial charge in [0.15, 0.2) is 24.3 Å². The van der Waals surface area contributed by atoms with E-state index >= 15 is 0 Å². The number of ether oxygens (including phenoxy) is 8. The summed E-state index contributed by atoms with van der Waals surface area (Å²) >= 11 is 0. The lowest BCUT2D eigenvalue weighted by Crippen LogP contribution is -2.66. The minimum Gasteiger partial charge on any atom is -0.459 e. The minimum absolute atomic E-state index is 0.00695. The van der Waals surface area contributed by atoms with Crippen LogP contribution in [0, 0.1) is 11.8 Å². The summed E-state index contributed by atoms with van der Waals surface area (Å²) in [5.41, 5.74) is -1.31. The van der Waals surface area contributed by atoms with Crippen LogP contribution in [0.25, 0.3) is 0 Å². The Morgan fingerprint density at radius 3 is 2.22 bits per heavy atom. The number of hydrogen-bond donors (Lipinski definition) is 3. The fraction of sp³-hybridized carbons (Fsp3) is 0.881. The Kier molecular flexibility index (Phi) is 20.3. The summed E-state index contributed by atoms with van der Waals surface area (Å²) in [6.07, 6.45) is -9.82. The summed E-state index contributed by atoms with van der Waals surface area (Å²) in [7, 11) is 6.79. The van der Waals surface area contributed by atoms with Gasteiger partial charge in [0.05, 0.1) is 36.9 Å². The van der Waals surface area contributed by atoms with Crippen LogP contribution in [0.1, 0.15) is 100 Å². The average Bonchev–Trinajstić information content (AvgIpc) is 3.15. The molecular formula is C42H73N3O15. The first kappa shape index (κ1) is 51.5. The summed E-state index contributed by atoms with van der Waals surface area (Å²) in [6.45, 7) is 14.3. The number of aliphatic hydroxyl groups excluding tert-OH is 2. The average molecular weight is 860 g/mol. The van der Waals surface area contributed by atoms with Gasteiger partial charge in [-0.05, 0) is 80.1 Å². The van der Waals surface area contributed by atoms with E-state index in [-0.39, 0.29) is 56.4 Å². The van der Waals surface area contributed by atoms with E-state index in [0.29, 0.717) is 19.5 Å². The van der Waals surface area contributed by atoms with Gasteiger partial charge in [0.1, 0.15) is 30.7 Å². The Bertz CT molecular complexity index is 1410. The summed E-state index contributed by atoms with van der Waals surface area (Å²) in [6, 6.07) is -1.03. The molecule has 0 aromatic heterocycles. The number of rotatable bonds is 13. The molecule has 16 atom stereocenters. The maximum Gasteiger partial charge on any atom is 0.306 e. The molecule has 3 heterocycles. The van der Waals surface area contributed by atoms with E-state index in [9.17, 15) is 34.2 Å². The predicted octanol–water partition coefficient (Wildman–Crippen LogP) is 1.73. The number of amides is 1. The highest BCUT2D eigenvalue weighted by molar-refractivity contribution is 5.77. The lowest BCUT2D eigenvalue weighted by Gasteiger charge is -2.50. The summed E-state index contributed by atoms with van der Waals surface area (Å²) in [5.74, 6) is -3.03. The van der Waals surface area contributed by atoms with Gasteiger partial charge >= 0.3 is 17.9 Å². The Morgan fingerprint density at radius 2 is 1.63 bits per heavy atom. The van der Waals surface area contributed by atoms with Crippen LogP contribution >= 0.6 is 0 Å². The number of β-amino-alcohol motifs (C(OH)–C–C–N with tert-alkyl or cyclic N) is 1. The van der Waals surface area contributed by atoms with Gasteiger partial charge in [-0.2, -0.15) is 0 Å². The minimum atomic E-state index is -1.40. The second-order valence-electron chi connectivity index (χ2n) is 17.2. The van der Waals surface area contributed by atoms with Gasteiger partial charge in [0, 0.05) is 52.3 Å². The second-order valence-corrected chi connectivity index (χ2v) is 17.2. The zero-order valence-electron chi connectivity index (χ0n) is 37.7. The molecule has 346 valence electrons. The SMILES string of the molecule is CCC(=O)O[C@@H]1CC(=O)NC(C)CCN(C)C[C@H](O)[C@H](C)C[C@H](CC=O)[C@H](O[C@@H]2OC(C)[C@@H](O[C@H]3CC(C)(OC(C)=O)[C@@H](OC(=O)CC)C(C)O3)C(N(C)C)C2O)[C@H]1OC. The highest BCUT2D eigenvalue weighted by atomic mass is 16.7. The van der Waals surface area contributed by atoms with Crippen molar-refractivity contribution in [3.8, 4) is 0 Å². The van der Waals surface area contributed by atoms with Crippen LogP contribution in [0.5, 0.6) is 0 Å². The van der Waals surface area contributed by atoms with Crippen LogP contribution in [-0.4, -0.2) is 177 Å². The molecule has 60 heavy (non-hydrogen) atoms. The number of methoxy groups -OCH3 is 1. The van der Waals surface area contributed by atoms with Crippen molar-refractivity contribution in [2.75, 3.05) is 41.3 Å². The lowest BCUT2D eigenvalue weighted by atomic mass is 9.82. The molecule has 3 fully saturated rings. The Morgan fingerprint density at radius 1 is 0.983 bits per heavy atom. The fourth-order valence-electron chi connectivity index (χ4n) is 8.64. The standard InChI is InChI=1S/C42H73N3O15/c1-13-32(50)56-30-20-31(49)43-24(4)15-17-45(11)22-29(48)23(3)19-28(16-18-46)38(39(30)53-12)59-41-36(52)35(44(9)10)37(25(5)55-41)58-34-21-42(8,60-27(7)47)40(26(6)54-34)57-33(51)14-2/h18,23-26,28-30,34-41,48,52H,13-17,19-22H2,1-12H3,(H,43,49)/t23-,24?,25?,26?,28+,29+,30-,34+,35?,36?,37-,38+,39+,40+,41+,42?/m1/s1. The number of hydrogen-bond acceptors (Lipinski definition) is 17. The van der Waals surface area contributed by atoms with E-state index in [1.54, 1.807) is 53.6 Å². The molecule has 0 aromatic carbocycles. The van der Waals surface area contributed by atoms with Crippen molar-refractivity contribution in [1.29, 1.82) is 0 Å². The molecule has 3 aliphatic rings.